The van der Waals surface area contributed by atoms with Crippen molar-refractivity contribution in [2.45, 2.75) is 0 Å². The van der Waals surface area contributed by atoms with E-state index in [4.69, 9.17) is 10.5 Å². The molecule has 0 aliphatic carbocycles. The fourth-order valence-corrected chi connectivity index (χ4v) is 1.43. The number of esters is 1. The third kappa shape index (κ3) is 4.39. The first-order valence-electron chi connectivity index (χ1n) is 4.69. The van der Waals surface area contributed by atoms with Crippen LogP contribution in [0.2, 0.25) is 0 Å². The normalized spacial score (nSPS) is 11.2. The molecule has 5 nitrogen and oxygen atoms in total. The van der Waals surface area contributed by atoms with Crippen LogP contribution in [-0.4, -0.2) is 33.0 Å². The lowest BCUT2D eigenvalue weighted by atomic mass is 10.2. The third-order valence-corrected chi connectivity index (χ3v) is 2.83. The Morgan fingerprint density at radius 2 is 2.12 bits per heavy atom. The van der Waals surface area contributed by atoms with Crippen LogP contribution in [0.4, 0.5) is 10.1 Å². The molecule has 1 aromatic carbocycles. The average Bonchev–Trinajstić information content (AvgIpc) is 2.20. The Hall–Kier alpha value is -1.63. The van der Waals surface area contributed by atoms with Crippen LogP contribution in [0.1, 0.15) is 10.4 Å². The van der Waals surface area contributed by atoms with E-state index in [0.29, 0.717) is 0 Å². The number of benzene rings is 1. The van der Waals surface area contributed by atoms with E-state index in [1.165, 1.54) is 6.07 Å². The predicted octanol–water partition coefficient (Wildman–Crippen LogP) is 0.609. The monoisotopic (exact) mass is 261 g/mol. The van der Waals surface area contributed by atoms with Crippen LogP contribution in [0.25, 0.3) is 0 Å². The Morgan fingerprint density at radius 3 is 2.65 bits per heavy atom. The minimum atomic E-state index is -3.18. The first-order chi connectivity index (χ1) is 7.79. The van der Waals surface area contributed by atoms with Gasteiger partial charge in [-0.3, -0.25) is 0 Å². The lowest BCUT2D eigenvalue weighted by Crippen LogP contribution is -2.14. The maximum atomic E-state index is 12.8. The second-order valence-electron chi connectivity index (χ2n) is 3.50. The van der Waals surface area contributed by atoms with Crippen LogP contribution in [0.3, 0.4) is 0 Å². The van der Waals surface area contributed by atoms with Crippen LogP contribution < -0.4 is 5.73 Å². The summed E-state index contributed by atoms with van der Waals surface area (Å²) >= 11 is 0. The molecule has 0 aliphatic heterocycles. The molecule has 0 amide bonds. The van der Waals surface area contributed by atoms with Gasteiger partial charge in [-0.2, -0.15) is 0 Å². The second kappa shape index (κ2) is 5.13. The molecule has 0 aromatic heterocycles. The maximum Gasteiger partial charge on any atom is 0.338 e. The molecule has 0 spiro atoms. The minimum Gasteiger partial charge on any atom is -0.461 e. The Kier molecular flexibility index (Phi) is 4.06. The van der Waals surface area contributed by atoms with Crippen molar-refractivity contribution in [1.82, 2.24) is 0 Å². The minimum absolute atomic E-state index is 0.0809. The van der Waals surface area contributed by atoms with Gasteiger partial charge >= 0.3 is 5.97 Å². The second-order valence-corrected chi connectivity index (χ2v) is 5.76. The molecule has 0 aliphatic rings. The molecule has 0 bridgehead atoms. The van der Waals surface area contributed by atoms with E-state index in [-0.39, 0.29) is 23.6 Å². The first kappa shape index (κ1) is 13.4. The molecular formula is C10H12FNO4S. The Labute approximate surface area is 98.3 Å². The number of nitrogens with two attached hydrogens (primary N) is 1. The Bertz CT molecular complexity index is 527. The van der Waals surface area contributed by atoms with Crippen molar-refractivity contribution in [2.75, 3.05) is 24.3 Å². The van der Waals surface area contributed by atoms with Crippen LogP contribution in [-0.2, 0) is 14.6 Å². The van der Waals surface area contributed by atoms with Gasteiger partial charge < -0.3 is 10.5 Å². The topological polar surface area (TPSA) is 86.5 Å². The van der Waals surface area contributed by atoms with Gasteiger partial charge in [0, 0.05) is 6.26 Å². The van der Waals surface area contributed by atoms with Gasteiger partial charge in [-0.1, -0.05) is 0 Å². The molecule has 0 heterocycles. The zero-order valence-corrected chi connectivity index (χ0v) is 9.96. The lowest BCUT2D eigenvalue weighted by Gasteiger charge is -2.05. The van der Waals surface area contributed by atoms with E-state index in [9.17, 15) is 17.6 Å². The third-order valence-electron chi connectivity index (χ3n) is 1.92. The molecule has 0 radical (unpaired) electrons. The van der Waals surface area contributed by atoms with Crippen LogP contribution in [0.15, 0.2) is 18.2 Å². The maximum absolute atomic E-state index is 12.8. The van der Waals surface area contributed by atoms with Crippen molar-refractivity contribution in [3.63, 3.8) is 0 Å². The van der Waals surface area contributed by atoms with Crippen LogP contribution >= 0.6 is 0 Å². The largest absolute Gasteiger partial charge is 0.461 e. The van der Waals surface area contributed by atoms with E-state index < -0.39 is 21.6 Å². The van der Waals surface area contributed by atoms with E-state index in [0.717, 1.165) is 18.4 Å². The lowest BCUT2D eigenvalue weighted by molar-refractivity contribution is 0.0529. The van der Waals surface area contributed by atoms with Crippen molar-refractivity contribution >= 4 is 21.5 Å². The summed E-state index contributed by atoms with van der Waals surface area (Å²) < 4.78 is 39.1. The van der Waals surface area contributed by atoms with Gasteiger partial charge in [0.15, 0.2) is 9.84 Å². The highest BCUT2D eigenvalue weighted by molar-refractivity contribution is 7.90. The molecule has 94 valence electrons. The smallest absolute Gasteiger partial charge is 0.338 e. The van der Waals surface area contributed by atoms with Crippen LogP contribution in [0, 0.1) is 5.82 Å². The number of nitrogen functional groups attached to an aromatic ring is 1. The molecule has 0 saturated carbocycles. The van der Waals surface area contributed by atoms with E-state index >= 15 is 0 Å². The van der Waals surface area contributed by atoms with E-state index in [1.807, 2.05) is 0 Å². The summed E-state index contributed by atoms with van der Waals surface area (Å²) in [5, 5.41) is 0. The molecule has 0 atom stereocenters. The summed E-state index contributed by atoms with van der Waals surface area (Å²) in [4.78, 5) is 11.4. The summed E-state index contributed by atoms with van der Waals surface area (Å²) in [7, 11) is -3.18. The molecule has 2 N–H and O–H groups in total. The van der Waals surface area contributed by atoms with Crippen molar-refractivity contribution in [1.29, 1.82) is 0 Å². The zero-order valence-electron chi connectivity index (χ0n) is 9.14. The number of carbonyl (C=O) groups excluding carboxylic acids is 1. The summed E-state index contributed by atoms with van der Waals surface area (Å²) in [6.45, 7) is -0.241. The number of sulfone groups is 1. The number of hydrogen-bond acceptors (Lipinski definition) is 5. The van der Waals surface area contributed by atoms with Gasteiger partial charge in [-0.05, 0) is 18.2 Å². The molecule has 0 saturated heterocycles. The summed E-state index contributed by atoms with van der Waals surface area (Å²) in [5.74, 6) is -1.62. The van der Waals surface area contributed by atoms with Gasteiger partial charge in [-0.25, -0.2) is 17.6 Å². The molecule has 1 rings (SSSR count). The van der Waals surface area contributed by atoms with E-state index in [1.54, 1.807) is 0 Å². The van der Waals surface area contributed by atoms with Gasteiger partial charge in [0.1, 0.15) is 12.4 Å². The van der Waals surface area contributed by atoms with Gasteiger partial charge in [-0.15, -0.1) is 0 Å². The molecular weight excluding hydrogens is 249 g/mol. The fourth-order valence-electron chi connectivity index (χ4n) is 1.04. The highest BCUT2D eigenvalue weighted by Crippen LogP contribution is 2.13. The summed E-state index contributed by atoms with van der Waals surface area (Å²) in [6.07, 6.45) is 1.04. The number of carbonyl (C=O) groups is 1. The summed E-state index contributed by atoms with van der Waals surface area (Å²) in [6, 6.07) is 3.40. The first-order valence-corrected chi connectivity index (χ1v) is 6.75. The van der Waals surface area contributed by atoms with Crippen LogP contribution in [0.5, 0.6) is 0 Å². The molecule has 17 heavy (non-hydrogen) atoms. The standard InChI is InChI=1S/C10H12FNO4S/c1-17(14,15)5-4-16-10(13)7-2-3-8(11)9(12)6-7/h2-3,6H,4-5,12H2,1H3. The number of halogens is 1. The highest BCUT2D eigenvalue weighted by atomic mass is 32.2. The molecule has 7 heteroatoms. The highest BCUT2D eigenvalue weighted by Gasteiger charge is 2.11. The van der Waals surface area contributed by atoms with Crippen molar-refractivity contribution in [2.24, 2.45) is 0 Å². The SMILES string of the molecule is CS(=O)(=O)CCOC(=O)c1ccc(F)c(N)c1. The predicted molar refractivity (Wildman–Crippen MR) is 60.8 cm³/mol. The number of ether oxygens (including phenoxy) is 1. The Balaban J connectivity index is 2.61. The molecule has 1 aromatic rings. The van der Waals surface area contributed by atoms with Gasteiger partial charge in [0.05, 0.1) is 17.0 Å². The quantitative estimate of drug-likeness (QED) is 0.634. The van der Waals surface area contributed by atoms with Crippen molar-refractivity contribution in [3.8, 4) is 0 Å². The number of anilines is 1. The number of rotatable bonds is 4. The van der Waals surface area contributed by atoms with Crippen molar-refractivity contribution in [3.05, 3.63) is 29.6 Å². The van der Waals surface area contributed by atoms with Gasteiger partial charge in [0.25, 0.3) is 0 Å². The summed E-state index contributed by atoms with van der Waals surface area (Å²) in [5.41, 5.74) is 5.19. The Morgan fingerprint density at radius 1 is 1.47 bits per heavy atom. The van der Waals surface area contributed by atoms with E-state index in [2.05, 4.69) is 0 Å². The fraction of sp³-hybridized carbons (Fsp3) is 0.300. The number of hydrogen-bond donors (Lipinski definition) is 1. The zero-order chi connectivity index (χ0) is 13.1. The van der Waals surface area contributed by atoms with Crippen molar-refractivity contribution < 1.29 is 22.3 Å². The molecule has 0 unspecified atom stereocenters. The molecule has 0 fully saturated rings. The van der Waals surface area contributed by atoms with Gasteiger partial charge in [0.2, 0.25) is 0 Å². The average molecular weight is 261 g/mol.